The molecule has 0 aliphatic rings. The van der Waals surface area contributed by atoms with Gasteiger partial charge >= 0.3 is 6.03 Å². The smallest absolute Gasteiger partial charge is 0.321 e. The number of aliphatic hydroxyl groups excluding tert-OH is 1. The first kappa shape index (κ1) is 13.2. The topological polar surface area (TPSA) is 78.4 Å². The van der Waals surface area contributed by atoms with Crippen molar-refractivity contribution in [2.75, 3.05) is 25.2 Å². The Balaban J connectivity index is 3.49. The monoisotopic (exact) mass is 220 g/mol. The second kappa shape index (κ2) is 7.64. The van der Waals surface area contributed by atoms with Gasteiger partial charge in [0.1, 0.15) is 0 Å². The minimum Gasteiger partial charge on any atom is -0.396 e. The molecule has 0 aromatic carbocycles. The van der Waals surface area contributed by atoms with E-state index in [4.69, 9.17) is 5.11 Å². The number of rotatable bonds is 5. The van der Waals surface area contributed by atoms with E-state index >= 15 is 0 Å². The predicted octanol–water partition coefficient (Wildman–Crippen LogP) is -0.196. The fourth-order valence-corrected chi connectivity index (χ4v) is 1.51. The molecule has 5 nitrogen and oxygen atoms in total. The van der Waals surface area contributed by atoms with Crippen LogP contribution in [0.2, 0.25) is 0 Å². The van der Waals surface area contributed by atoms with Crippen LogP contribution in [0.25, 0.3) is 0 Å². The SMILES string of the molecule is CNC(=O)NC(=O)CSCC(C)CO. The van der Waals surface area contributed by atoms with Gasteiger partial charge in [0.2, 0.25) is 5.91 Å². The third-order valence-electron chi connectivity index (χ3n) is 1.43. The van der Waals surface area contributed by atoms with Crippen molar-refractivity contribution in [3.8, 4) is 0 Å². The van der Waals surface area contributed by atoms with E-state index in [0.29, 0.717) is 5.75 Å². The fraction of sp³-hybridized carbons (Fsp3) is 0.750. The number of nitrogens with one attached hydrogen (secondary N) is 2. The van der Waals surface area contributed by atoms with Gasteiger partial charge in [0.25, 0.3) is 0 Å². The number of hydrogen-bond acceptors (Lipinski definition) is 4. The lowest BCUT2D eigenvalue weighted by Gasteiger charge is -2.06. The van der Waals surface area contributed by atoms with E-state index in [1.54, 1.807) is 0 Å². The van der Waals surface area contributed by atoms with Crippen LogP contribution in [0, 0.1) is 5.92 Å². The van der Waals surface area contributed by atoms with Crippen LogP contribution in [-0.4, -0.2) is 42.2 Å². The van der Waals surface area contributed by atoms with Crippen molar-refractivity contribution in [1.82, 2.24) is 10.6 Å². The summed E-state index contributed by atoms with van der Waals surface area (Å²) in [7, 11) is 1.45. The van der Waals surface area contributed by atoms with Crippen molar-refractivity contribution in [3.63, 3.8) is 0 Å². The maximum absolute atomic E-state index is 11.0. The third-order valence-corrected chi connectivity index (χ3v) is 2.70. The minimum absolute atomic E-state index is 0.115. The summed E-state index contributed by atoms with van der Waals surface area (Å²) in [5.74, 6) is 0.794. The van der Waals surface area contributed by atoms with Crippen molar-refractivity contribution < 1.29 is 14.7 Å². The first-order valence-electron chi connectivity index (χ1n) is 4.30. The van der Waals surface area contributed by atoms with E-state index < -0.39 is 6.03 Å². The summed E-state index contributed by atoms with van der Waals surface area (Å²) in [4.78, 5) is 21.7. The third kappa shape index (κ3) is 6.73. The number of thioether (sulfide) groups is 1. The molecule has 0 aromatic rings. The molecule has 0 rings (SSSR count). The maximum Gasteiger partial charge on any atom is 0.321 e. The van der Waals surface area contributed by atoms with Crippen LogP contribution in [0.5, 0.6) is 0 Å². The lowest BCUT2D eigenvalue weighted by molar-refractivity contribution is -0.117. The van der Waals surface area contributed by atoms with Gasteiger partial charge in [-0.05, 0) is 11.7 Å². The molecule has 6 heteroatoms. The Morgan fingerprint density at radius 1 is 1.50 bits per heavy atom. The standard InChI is InChI=1S/C8H16N2O3S/c1-6(3-11)4-14-5-7(12)10-8(13)9-2/h6,11H,3-5H2,1-2H3,(H2,9,10,12,13). The summed E-state index contributed by atoms with van der Waals surface area (Å²) in [6.45, 7) is 2.01. The first-order valence-corrected chi connectivity index (χ1v) is 5.45. The Hall–Kier alpha value is -0.750. The van der Waals surface area contributed by atoms with E-state index in [0.717, 1.165) is 0 Å². The predicted molar refractivity (Wildman–Crippen MR) is 56.2 cm³/mol. The van der Waals surface area contributed by atoms with Crippen molar-refractivity contribution in [3.05, 3.63) is 0 Å². The highest BCUT2D eigenvalue weighted by molar-refractivity contribution is 7.99. The second-order valence-corrected chi connectivity index (χ2v) is 3.96. The highest BCUT2D eigenvalue weighted by Gasteiger charge is 2.06. The normalized spacial score (nSPS) is 11.9. The number of urea groups is 1. The molecule has 0 bridgehead atoms. The maximum atomic E-state index is 11.0. The number of amides is 3. The molecule has 1 unspecified atom stereocenters. The molecular formula is C8H16N2O3S. The van der Waals surface area contributed by atoms with E-state index in [1.165, 1.54) is 18.8 Å². The fourth-order valence-electron chi connectivity index (χ4n) is 0.631. The summed E-state index contributed by atoms with van der Waals surface area (Å²) in [5, 5.41) is 13.1. The zero-order valence-electron chi connectivity index (χ0n) is 8.37. The van der Waals surface area contributed by atoms with Gasteiger partial charge < -0.3 is 10.4 Å². The van der Waals surface area contributed by atoms with E-state index in [9.17, 15) is 9.59 Å². The lowest BCUT2D eigenvalue weighted by atomic mass is 10.2. The van der Waals surface area contributed by atoms with Gasteiger partial charge in [0.05, 0.1) is 5.75 Å². The van der Waals surface area contributed by atoms with Crippen molar-refractivity contribution >= 4 is 23.7 Å². The van der Waals surface area contributed by atoms with Gasteiger partial charge in [0.15, 0.2) is 0 Å². The van der Waals surface area contributed by atoms with Gasteiger partial charge in [-0.1, -0.05) is 6.92 Å². The number of aliphatic hydroxyl groups is 1. The molecule has 0 saturated heterocycles. The Labute approximate surface area is 87.6 Å². The Morgan fingerprint density at radius 3 is 2.64 bits per heavy atom. The molecule has 0 fully saturated rings. The van der Waals surface area contributed by atoms with Crippen LogP contribution < -0.4 is 10.6 Å². The Bertz CT molecular complexity index is 199. The van der Waals surface area contributed by atoms with Gasteiger partial charge in [-0.3, -0.25) is 10.1 Å². The molecule has 82 valence electrons. The molecule has 0 aliphatic heterocycles. The van der Waals surface area contributed by atoms with Crippen LogP contribution >= 0.6 is 11.8 Å². The molecule has 0 heterocycles. The van der Waals surface area contributed by atoms with E-state index in [1.807, 2.05) is 6.92 Å². The zero-order chi connectivity index (χ0) is 11.0. The summed E-state index contributed by atoms with van der Waals surface area (Å²) in [6.07, 6.45) is 0. The van der Waals surface area contributed by atoms with Crippen LogP contribution in [-0.2, 0) is 4.79 Å². The summed E-state index contributed by atoms with van der Waals surface area (Å²) in [5.41, 5.74) is 0. The number of hydrogen-bond donors (Lipinski definition) is 3. The molecule has 3 amide bonds. The molecule has 0 aliphatic carbocycles. The quantitative estimate of drug-likeness (QED) is 0.600. The van der Waals surface area contributed by atoms with Gasteiger partial charge in [-0.15, -0.1) is 0 Å². The molecule has 0 saturated carbocycles. The Morgan fingerprint density at radius 2 is 2.14 bits per heavy atom. The van der Waals surface area contributed by atoms with Crippen LogP contribution in [0.4, 0.5) is 4.79 Å². The largest absolute Gasteiger partial charge is 0.396 e. The van der Waals surface area contributed by atoms with Gasteiger partial charge in [0, 0.05) is 13.7 Å². The lowest BCUT2D eigenvalue weighted by Crippen LogP contribution is -2.38. The van der Waals surface area contributed by atoms with Crippen molar-refractivity contribution in [2.45, 2.75) is 6.92 Å². The first-order chi connectivity index (χ1) is 6.60. The summed E-state index contributed by atoms with van der Waals surface area (Å²) >= 11 is 1.39. The number of imide groups is 1. The van der Waals surface area contributed by atoms with Crippen LogP contribution in [0.3, 0.4) is 0 Å². The zero-order valence-corrected chi connectivity index (χ0v) is 9.19. The average Bonchev–Trinajstić information content (AvgIpc) is 2.17. The van der Waals surface area contributed by atoms with Crippen molar-refractivity contribution in [2.24, 2.45) is 5.92 Å². The molecule has 1 atom stereocenters. The van der Waals surface area contributed by atoms with Crippen molar-refractivity contribution in [1.29, 1.82) is 0 Å². The Kier molecular flexibility index (Phi) is 7.23. The molecular weight excluding hydrogens is 204 g/mol. The molecule has 14 heavy (non-hydrogen) atoms. The number of carbonyl (C=O) groups excluding carboxylic acids is 2. The van der Waals surface area contributed by atoms with Gasteiger partial charge in [-0.25, -0.2) is 4.79 Å². The molecule has 3 N–H and O–H groups in total. The van der Waals surface area contributed by atoms with E-state index in [-0.39, 0.29) is 24.2 Å². The summed E-state index contributed by atoms with van der Waals surface area (Å²) < 4.78 is 0. The number of carbonyl (C=O) groups is 2. The average molecular weight is 220 g/mol. The highest BCUT2D eigenvalue weighted by atomic mass is 32.2. The van der Waals surface area contributed by atoms with Gasteiger partial charge in [-0.2, -0.15) is 11.8 Å². The molecule has 0 aromatic heterocycles. The van der Waals surface area contributed by atoms with Crippen LogP contribution in [0.15, 0.2) is 0 Å². The van der Waals surface area contributed by atoms with Crippen LogP contribution in [0.1, 0.15) is 6.92 Å². The highest BCUT2D eigenvalue weighted by Crippen LogP contribution is 2.06. The molecule has 0 radical (unpaired) electrons. The van der Waals surface area contributed by atoms with E-state index in [2.05, 4.69) is 10.6 Å². The summed E-state index contributed by atoms with van der Waals surface area (Å²) in [6, 6.07) is -0.495. The second-order valence-electron chi connectivity index (χ2n) is 2.93. The molecule has 0 spiro atoms. The minimum atomic E-state index is -0.495.